The molecule has 3 atom stereocenters. The average Bonchev–Trinajstić information content (AvgIpc) is 2.69. The van der Waals surface area contributed by atoms with Crippen LogP contribution in [0.5, 0.6) is 0 Å². The Morgan fingerprint density at radius 1 is 1.23 bits per heavy atom. The predicted octanol–water partition coefficient (Wildman–Crippen LogP) is -0.385. The molecular formula is C9H15NO3. The first-order valence-electron chi connectivity index (χ1n) is 5.05. The van der Waals surface area contributed by atoms with E-state index >= 15 is 0 Å². The van der Waals surface area contributed by atoms with Crippen LogP contribution in [0.2, 0.25) is 0 Å². The van der Waals surface area contributed by atoms with Gasteiger partial charge in [-0.15, -0.1) is 0 Å². The number of fused-ring (bicyclic) bond motifs is 1. The van der Waals surface area contributed by atoms with E-state index in [0.717, 1.165) is 32.4 Å². The fourth-order valence-corrected chi connectivity index (χ4v) is 2.61. The van der Waals surface area contributed by atoms with Crippen molar-refractivity contribution < 1.29 is 14.6 Å². The van der Waals surface area contributed by atoms with Gasteiger partial charge in [-0.05, 0) is 12.8 Å². The van der Waals surface area contributed by atoms with Gasteiger partial charge in [-0.1, -0.05) is 0 Å². The van der Waals surface area contributed by atoms with E-state index in [1.54, 1.807) is 0 Å². The molecule has 3 rings (SSSR count). The Bertz CT molecular complexity index is 209. The van der Waals surface area contributed by atoms with Crippen molar-refractivity contribution in [3.63, 3.8) is 0 Å². The van der Waals surface area contributed by atoms with Crippen LogP contribution in [0.3, 0.4) is 0 Å². The number of hydrogen-bond donors (Lipinski definition) is 2. The normalized spacial score (nSPS) is 54.7. The monoisotopic (exact) mass is 185 g/mol. The second-order valence-corrected chi connectivity index (χ2v) is 4.19. The standard InChI is InChI=1S/C9H15NO3/c11-8-2-1-3-9(8)12-6-4-10-5-7(6)13-9/h6-8,10-11H,1-5H2/t6?,7?,8-,9?/m1/s1. The first-order chi connectivity index (χ1) is 6.30. The molecule has 1 aliphatic carbocycles. The van der Waals surface area contributed by atoms with Gasteiger partial charge in [0.25, 0.3) is 0 Å². The molecular weight excluding hydrogens is 170 g/mol. The van der Waals surface area contributed by atoms with Crippen LogP contribution >= 0.6 is 0 Å². The van der Waals surface area contributed by atoms with E-state index in [0.29, 0.717) is 0 Å². The van der Waals surface area contributed by atoms with E-state index in [2.05, 4.69) is 5.32 Å². The largest absolute Gasteiger partial charge is 0.388 e. The van der Waals surface area contributed by atoms with Gasteiger partial charge in [-0.3, -0.25) is 0 Å². The Morgan fingerprint density at radius 3 is 2.46 bits per heavy atom. The van der Waals surface area contributed by atoms with Gasteiger partial charge in [0.1, 0.15) is 18.3 Å². The second-order valence-electron chi connectivity index (χ2n) is 4.19. The van der Waals surface area contributed by atoms with Crippen molar-refractivity contribution in [3.8, 4) is 0 Å². The molecule has 0 amide bonds. The minimum atomic E-state index is -0.641. The summed E-state index contributed by atoms with van der Waals surface area (Å²) >= 11 is 0. The number of nitrogens with one attached hydrogen (secondary N) is 1. The van der Waals surface area contributed by atoms with Gasteiger partial charge in [0.2, 0.25) is 0 Å². The van der Waals surface area contributed by atoms with Crippen LogP contribution in [-0.4, -0.2) is 42.3 Å². The molecule has 3 fully saturated rings. The van der Waals surface area contributed by atoms with E-state index in [1.165, 1.54) is 0 Å². The van der Waals surface area contributed by atoms with E-state index in [4.69, 9.17) is 9.47 Å². The van der Waals surface area contributed by atoms with E-state index in [1.807, 2.05) is 0 Å². The molecule has 2 N–H and O–H groups in total. The average molecular weight is 185 g/mol. The van der Waals surface area contributed by atoms with E-state index in [-0.39, 0.29) is 12.2 Å². The summed E-state index contributed by atoms with van der Waals surface area (Å²) in [4.78, 5) is 0. The van der Waals surface area contributed by atoms with E-state index in [9.17, 15) is 5.11 Å². The lowest BCUT2D eigenvalue weighted by Gasteiger charge is -2.27. The summed E-state index contributed by atoms with van der Waals surface area (Å²) in [5.74, 6) is -0.641. The highest BCUT2D eigenvalue weighted by atomic mass is 16.8. The molecule has 4 heteroatoms. The maximum absolute atomic E-state index is 9.76. The molecule has 74 valence electrons. The van der Waals surface area contributed by atoms with Crippen LogP contribution in [0, 0.1) is 0 Å². The third-order valence-electron chi connectivity index (χ3n) is 3.32. The predicted molar refractivity (Wildman–Crippen MR) is 45.2 cm³/mol. The molecule has 0 radical (unpaired) electrons. The van der Waals surface area contributed by atoms with Crippen molar-refractivity contribution in [2.75, 3.05) is 13.1 Å². The van der Waals surface area contributed by atoms with Gasteiger partial charge in [-0.25, -0.2) is 0 Å². The second kappa shape index (κ2) is 2.67. The van der Waals surface area contributed by atoms with Crippen LogP contribution in [0.1, 0.15) is 19.3 Å². The molecule has 13 heavy (non-hydrogen) atoms. The highest BCUT2D eigenvalue weighted by Gasteiger charge is 2.55. The zero-order valence-electron chi connectivity index (χ0n) is 7.53. The third kappa shape index (κ3) is 1.06. The minimum Gasteiger partial charge on any atom is -0.388 e. The van der Waals surface area contributed by atoms with Gasteiger partial charge in [-0.2, -0.15) is 0 Å². The van der Waals surface area contributed by atoms with Crippen LogP contribution in [0.25, 0.3) is 0 Å². The molecule has 2 aliphatic heterocycles. The summed E-state index contributed by atoms with van der Waals surface area (Å²) in [5, 5.41) is 13.0. The van der Waals surface area contributed by atoms with Gasteiger partial charge in [0.15, 0.2) is 5.79 Å². The Morgan fingerprint density at radius 2 is 1.92 bits per heavy atom. The lowest BCUT2D eigenvalue weighted by Crippen LogP contribution is -2.41. The number of ether oxygens (including phenoxy) is 2. The van der Waals surface area contributed by atoms with Gasteiger partial charge in [0, 0.05) is 19.5 Å². The summed E-state index contributed by atoms with van der Waals surface area (Å²) < 4.78 is 11.6. The zero-order valence-corrected chi connectivity index (χ0v) is 7.53. The molecule has 1 spiro atoms. The van der Waals surface area contributed by atoms with Gasteiger partial charge >= 0.3 is 0 Å². The van der Waals surface area contributed by atoms with Crippen molar-refractivity contribution >= 4 is 0 Å². The summed E-state index contributed by atoms with van der Waals surface area (Å²) in [6.45, 7) is 1.72. The number of aliphatic hydroxyl groups is 1. The molecule has 2 heterocycles. The smallest absolute Gasteiger partial charge is 0.195 e. The molecule has 2 unspecified atom stereocenters. The Kier molecular flexibility index (Phi) is 1.68. The number of rotatable bonds is 0. The number of hydrogen-bond acceptors (Lipinski definition) is 4. The zero-order chi connectivity index (χ0) is 8.89. The summed E-state index contributed by atoms with van der Waals surface area (Å²) in [6, 6.07) is 0. The van der Waals surface area contributed by atoms with Crippen molar-refractivity contribution in [3.05, 3.63) is 0 Å². The summed E-state index contributed by atoms with van der Waals surface area (Å²) in [5.41, 5.74) is 0. The highest BCUT2D eigenvalue weighted by molar-refractivity contribution is 4.98. The number of aliphatic hydroxyl groups excluding tert-OH is 1. The SMILES string of the molecule is O[C@@H]1CCCC12OC1CNCC1O2. The molecule has 0 aromatic rings. The third-order valence-corrected chi connectivity index (χ3v) is 3.32. The quantitative estimate of drug-likeness (QED) is 0.540. The molecule has 0 aromatic carbocycles. The first-order valence-corrected chi connectivity index (χ1v) is 5.05. The van der Waals surface area contributed by atoms with Crippen LogP contribution in [-0.2, 0) is 9.47 Å². The van der Waals surface area contributed by atoms with Crippen LogP contribution < -0.4 is 5.32 Å². The maximum atomic E-state index is 9.76. The first kappa shape index (κ1) is 8.17. The van der Waals surface area contributed by atoms with Crippen molar-refractivity contribution in [2.24, 2.45) is 0 Å². The Balaban J connectivity index is 1.80. The fourth-order valence-electron chi connectivity index (χ4n) is 2.61. The summed E-state index contributed by atoms with van der Waals surface area (Å²) in [7, 11) is 0. The molecule has 1 saturated carbocycles. The highest BCUT2D eigenvalue weighted by Crippen LogP contribution is 2.42. The Labute approximate surface area is 77.2 Å². The molecule has 2 saturated heterocycles. The minimum absolute atomic E-state index is 0.160. The van der Waals surface area contributed by atoms with Crippen molar-refractivity contribution in [1.82, 2.24) is 5.32 Å². The molecule has 0 bridgehead atoms. The lowest BCUT2D eigenvalue weighted by atomic mass is 10.2. The molecule has 4 nitrogen and oxygen atoms in total. The Hall–Kier alpha value is -0.160. The van der Waals surface area contributed by atoms with Gasteiger partial charge in [0.05, 0.1) is 0 Å². The lowest BCUT2D eigenvalue weighted by molar-refractivity contribution is -0.221. The van der Waals surface area contributed by atoms with Crippen molar-refractivity contribution in [1.29, 1.82) is 0 Å². The maximum Gasteiger partial charge on any atom is 0.195 e. The van der Waals surface area contributed by atoms with Crippen LogP contribution in [0.4, 0.5) is 0 Å². The molecule has 0 aromatic heterocycles. The fraction of sp³-hybridized carbons (Fsp3) is 1.00. The summed E-state index contributed by atoms with van der Waals surface area (Å²) in [6.07, 6.45) is 2.57. The molecule has 3 aliphatic rings. The van der Waals surface area contributed by atoms with Crippen LogP contribution in [0.15, 0.2) is 0 Å². The van der Waals surface area contributed by atoms with E-state index < -0.39 is 11.9 Å². The van der Waals surface area contributed by atoms with Gasteiger partial charge < -0.3 is 19.9 Å². The topological polar surface area (TPSA) is 50.7 Å². The van der Waals surface area contributed by atoms with Crippen molar-refractivity contribution in [2.45, 2.75) is 43.4 Å².